The maximum Gasteiger partial charge on any atom is 0.0905 e. The molecule has 0 aliphatic carbocycles. The maximum absolute atomic E-state index is 7.51. The van der Waals surface area contributed by atoms with Gasteiger partial charge in [0.25, 0.3) is 0 Å². The number of hydrogen-bond donors (Lipinski definition) is 0. The molecule has 0 bridgehead atoms. The molecule has 1 atom stereocenters. The van der Waals surface area contributed by atoms with Crippen LogP contribution in [0.5, 0.6) is 0 Å². The van der Waals surface area contributed by atoms with Crippen LogP contribution in [-0.4, -0.2) is 11.0 Å². The van der Waals surface area contributed by atoms with Crippen LogP contribution in [0.4, 0.5) is 0 Å². The van der Waals surface area contributed by atoms with Gasteiger partial charge in [-0.3, -0.25) is 0 Å². The van der Waals surface area contributed by atoms with Crippen molar-refractivity contribution < 1.29 is 0 Å². The Kier molecular flexibility index (Phi) is 5.04. The molecule has 1 aliphatic rings. The average Bonchev–Trinajstić information content (AvgIpc) is 2.70. The lowest BCUT2D eigenvalue weighted by atomic mass is 10.5. The molecule has 1 fully saturated rings. The average molecular weight is 139 g/mol. The summed E-state index contributed by atoms with van der Waals surface area (Å²) in [5.74, 6) is 1.31. The minimum Gasteiger partial charge on any atom is -0.193 e. The van der Waals surface area contributed by atoms with Gasteiger partial charge >= 0.3 is 0 Å². The van der Waals surface area contributed by atoms with Crippen LogP contribution in [0.3, 0.4) is 0 Å². The van der Waals surface area contributed by atoms with Crippen molar-refractivity contribution in [3.8, 4) is 6.07 Å². The first kappa shape index (κ1) is 8.32. The SMILES string of the molecule is C=CC#N.C=CC1CS1. The third-order valence-corrected chi connectivity index (χ3v) is 1.62. The van der Waals surface area contributed by atoms with Crippen molar-refractivity contribution in [2.75, 3.05) is 5.75 Å². The molecule has 0 radical (unpaired) electrons. The van der Waals surface area contributed by atoms with E-state index in [1.807, 2.05) is 17.8 Å². The fourth-order valence-corrected chi connectivity index (χ4v) is 0.575. The van der Waals surface area contributed by atoms with Crippen molar-refractivity contribution in [1.82, 2.24) is 0 Å². The summed E-state index contributed by atoms with van der Waals surface area (Å²) in [7, 11) is 0. The van der Waals surface area contributed by atoms with Gasteiger partial charge in [-0.2, -0.15) is 17.0 Å². The van der Waals surface area contributed by atoms with Gasteiger partial charge in [0.15, 0.2) is 0 Å². The minimum absolute atomic E-state index is 0.815. The van der Waals surface area contributed by atoms with E-state index in [0.717, 1.165) is 5.25 Å². The molecule has 0 N–H and O–H groups in total. The van der Waals surface area contributed by atoms with Crippen LogP contribution in [-0.2, 0) is 0 Å². The van der Waals surface area contributed by atoms with Gasteiger partial charge in [0.2, 0.25) is 0 Å². The summed E-state index contributed by atoms with van der Waals surface area (Å²) in [6.45, 7) is 6.72. The predicted octanol–water partition coefficient (Wildman–Crippen LogP) is 1.98. The number of thioether (sulfide) groups is 1. The van der Waals surface area contributed by atoms with Crippen LogP contribution in [0.1, 0.15) is 0 Å². The van der Waals surface area contributed by atoms with Crippen molar-refractivity contribution in [1.29, 1.82) is 5.26 Å². The van der Waals surface area contributed by atoms with Crippen molar-refractivity contribution in [2.24, 2.45) is 0 Å². The molecule has 0 saturated carbocycles. The van der Waals surface area contributed by atoms with Crippen LogP contribution in [0.2, 0.25) is 0 Å². The van der Waals surface area contributed by atoms with Gasteiger partial charge in [-0.25, -0.2) is 0 Å². The van der Waals surface area contributed by atoms with Crippen LogP contribution in [0.25, 0.3) is 0 Å². The minimum atomic E-state index is 0.815. The quantitative estimate of drug-likeness (QED) is 0.315. The number of allylic oxidation sites excluding steroid dienone is 1. The Labute approximate surface area is 60.1 Å². The zero-order valence-electron chi connectivity index (χ0n) is 5.21. The largest absolute Gasteiger partial charge is 0.193 e. The van der Waals surface area contributed by atoms with E-state index < -0.39 is 0 Å². The smallest absolute Gasteiger partial charge is 0.0905 e. The second-order valence-electron chi connectivity index (χ2n) is 1.44. The van der Waals surface area contributed by atoms with Crippen molar-refractivity contribution >= 4 is 11.8 Å². The van der Waals surface area contributed by atoms with Gasteiger partial charge in [0.1, 0.15) is 0 Å². The van der Waals surface area contributed by atoms with E-state index >= 15 is 0 Å². The van der Waals surface area contributed by atoms with Gasteiger partial charge in [-0.1, -0.05) is 12.7 Å². The number of rotatable bonds is 1. The van der Waals surface area contributed by atoms with Gasteiger partial charge in [-0.15, -0.1) is 6.58 Å². The summed E-state index contributed by atoms with van der Waals surface area (Å²) < 4.78 is 0. The van der Waals surface area contributed by atoms with Crippen LogP contribution < -0.4 is 0 Å². The zero-order valence-corrected chi connectivity index (χ0v) is 6.03. The monoisotopic (exact) mass is 139 g/mol. The fourth-order valence-electron chi connectivity index (χ4n) is 0.192. The highest BCUT2D eigenvalue weighted by Crippen LogP contribution is 2.30. The first-order valence-electron chi connectivity index (χ1n) is 2.59. The highest BCUT2D eigenvalue weighted by Gasteiger charge is 2.16. The maximum atomic E-state index is 7.51. The van der Waals surface area contributed by atoms with E-state index in [0.29, 0.717) is 0 Å². The number of nitrogens with zero attached hydrogens (tertiary/aromatic N) is 1. The Morgan fingerprint density at radius 1 is 1.67 bits per heavy atom. The highest BCUT2D eigenvalue weighted by atomic mass is 32.2. The molecule has 0 spiro atoms. The molecular formula is C7H9NS. The fraction of sp³-hybridized carbons (Fsp3) is 0.286. The lowest BCUT2D eigenvalue weighted by Crippen LogP contribution is -1.63. The van der Waals surface area contributed by atoms with E-state index in [1.165, 1.54) is 11.8 Å². The van der Waals surface area contributed by atoms with Crippen LogP contribution in [0, 0.1) is 11.3 Å². The first-order chi connectivity index (χ1) is 4.35. The molecule has 1 unspecified atom stereocenters. The lowest BCUT2D eigenvalue weighted by molar-refractivity contribution is 1.43. The molecule has 1 aliphatic heterocycles. The van der Waals surface area contributed by atoms with E-state index in [-0.39, 0.29) is 0 Å². The number of nitriles is 1. The zero-order chi connectivity index (χ0) is 7.11. The topological polar surface area (TPSA) is 23.8 Å². The Balaban J connectivity index is 0.000000148. The second kappa shape index (κ2) is 5.46. The Bertz CT molecular complexity index is 130. The molecule has 0 aromatic carbocycles. The van der Waals surface area contributed by atoms with Gasteiger partial charge in [0.05, 0.1) is 6.07 Å². The summed E-state index contributed by atoms with van der Waals surface area (Å²) in [4.78, 5) is 0. The van der Waals surface area contributed by atoms with Gasteiger partial charge in [0, 0.05) is 17.1 Å². The summed E-state index contributed by atoms with van der Waals surface area (Å²) in [6.07, 6.45) is 3.17. The van der Waals surface area contributed by atoms with Crippen molar-refractivity contribution in [2.45, 2.75) is 5.25 Å². The van der Waals surface area contributed by atoms with Gasteiger partial charge < -0.3 is 0 Å². The molecule has 2 heteroatoms. The van der Waals surface area contributed by atoms with Crippen LogP contribution >= 0.6 is 11.8 Å². The molecule has 1 heterocycles. The molecule has 1 nitrogen and oxygen atoms in total. The van der Waals surface area contributed by atoms with Crippen molar-refractivity contribution in [3.63, 3.8) is 0 Å². The highest BCUT2D eigenvalue weighted by molar-refractivity contribution is 8.07. The molecule has 1 saturated heterocycles. The standard InChI is InChI=1S/C4H6S.C3H3N/c1-2-4-3-5-4;1-2-3-4/h2,4H,1,3H2;2H,1H2. The third kappa shape index (κ3) is 7.32. The lowest BCUT2D eigenvalue weighted by Gasteiger charge is -1.60. The third-order valence-electron chi connectivity index (χ3n) is 0.713. The van der Waals surface area contributed by atoms with E-state index in [4.69, 9.17) is 5.26 Å². The summed E-state index contributed by atoms with van der Waals surface area (Å²) in [5.41, 5.74) is 0. The molecule has 48 valence electrons. The molecule has 0 aromatic heterocycles. The Morgan fingerprint density at radius 2 is 2.11 bits per heavy atom. The van der Waals surface area contributed by atoms with E-state index in [9.17, 15) is 0 Å². The molecule has 0 aromatic rings. The molecule has 0 amide bonds. The number of hydrogen-bond acceptors (Lipinski definition) is 2. The normalized spacial score (nSPS) is 20.1. The molecule has 9 heavy (non-hydrogen) atoms. The van der Waals surface area contributed by atoms with E-state index in [2.05, 4.69) is 13.2 Å². The first-order valence-corrected chi connectivity index (χ1v) is 3.64. The van der Waals surface area contributed by atoms with Crippen LogP contribution in [0.15, 0.2) is 25.3 Å². The molecular weight excluding hydrogens is 130 g/mol. The van der Waals surface area contributed by atoms with Gasteiger partial charge in [-0.05, 0) is 0 Å². The second-order valence-corrected chi connectivity index (χ2v) is 2.71. The Hall–Kier alpha value is -0.680. The molecule has 1 rings (SSSR count). The van der Waals surface area contributed by atoms with E-state index in [1.54, 1.807) is 6.07 Å². The van der Waals surface area contributed by atoms with Crippen molar-refractivity contribution in [3.05, 3.63) is 25.3 Å². The summed E-state index contributed by atoms with van der Waals surface area (Å²) in [6, 6.07) is 1.69. The Morgan fingerprint density at radius 3 is 2.11 bits per heavy atom. The summed E-state index contributed by atoms with van der Waals surface area (Å²) >= 11 is 1.95. The predicted molar refractivity (Wildman–Crippen MR) is 42.3 cm³/mol. The summed E-state index contributed by atoms with van der Waals surface area (Å²) in [5, 5.41) is 8.32.